The van der Waals surface area contributed by atoms with Gasteiger partial charge in [-0.25, -0.2) is 13.4 Å². The van der Waals surface area contributed by atoms with E-state index < -0.39 is 9.84 Å². The molecule has 0 saturated heterocycles. The maximum absolute atomic E-state index is 11.7. The normalized spacial score (nSPS) is 11.4. The van der Waals surface area contributed by atoms with Gasteiger partial charge < -0.3 is 10.6 Å². The van der Waals surface area contributed by atoms with E-state index in [1.54, 1.807) is 24.4 Å². The molecule has 0 bridgehead atoms. The molecule has 1 aromatic heterocycles. The third-order valence-electron chi connectivity index (χ3n) is 3.40. The molecule has 0 spiro atoms. The number of aryl methyl sites for hydroxylation is 1. The summed E-state index contributed by atoms with van der Waals surface area (Å²) in [4.78, 5) is 10.5. The van der Waals surface area contributed by atoms with E-state index in [4.69, 9.17) is 5.73 Å². The molecule has 118 valence electrons. The molecule has 0 unspecified atom stereocenters. The summed E-state index contributed by atoms with van der Waals surface area (Å²) in [7, 11) is -3.22. The minimum atomic E-state index is -3.22. The van der Waals surface area contributed by atoms with Crippen LogP contribution in [0.5, 0.6) is 0 Å². The van der Waals surface area contributed by atoms with E-state index in [0.29, 0.717) is 17.3 Å². The minimum Gasteiger partial charge on any atom is -0.368 e. The summed E-state index contributed by atoms with van der Waals surface area (Å²) < 4.78 is 23.4. The van der Waals surface area contributed by atoms with Crippen LogP contribution in [0.15, 0.2) is 35.4 Å². The van der Waals surface area contributed by atoms with Crippen LogP contribution in [0.3, 0.4) is 0 Å². The minimum absolute atomic E-state index is 0.210. The van der Waals surface area contributed by atoms with Crippen LogP contribution in [0.4, 0.5) is 17.5 Å². The van der Waals surface area contributed by atoms with Crippen LogP contribution in [0, 0.1) is 0 Å². The molecule has 0 aliphatic heterocycles. The first-order chi connectivity index (χ1) is 10.4. The van der Waals surface area contributed by atoms with Crippen LogP contribution in [-0.2, 0) is 16.3 Å². The molecule has 2 aromatic rings. The summed E-state index contributed by atoms with van der Waals surface area (Å²) in [5, 5.41) is 0. The Labute approximate surface area is 130 Å². The van der Waals surface area contributed by atoms with E-state index in [1.165, 1.54) is 6.26 Å². The average Bonchev–Trinajstić information content (AvgIpc) is 2.47. The van der Waals surface area contributed by atoms with Gasteiger partial charge in [0.2, 0.25) is 5.95 Å². The molecule has 7 heteroatoms. The highest BCUT2D eigenvalue weighted by Crippen LogP contribution is 2.29. The zero-order valence-electron chi connectivity index (χ0n) is 12.9. The van der Waals surface area contributed by atoms with Gasteiger partial charge >= 0.3 is 0 Å². The van der Waals surface area contributed by atoms with Crippen LogP contribution in [0.2, 0.25) is 0 Å². The molecule has 0 fully saturated rings. The second-order valence-corrected chi connectivity index (χ2v) is 6.95. The quantitative estimate of drug-likeness (QED) is 0.908. The Morgan fingerprint density at radius 3 is 2.50 bits per heavy atom. The lowest BCUT2D eigenvalue weighted by molar-refractivity contribution is 0.601. The van der Waals surface area contributed by atoms with Crippen molar-refractivity contribution in [2.45, 2.75) is 25.2 Å². The maximum Gasteiger partial charge on any atom is 0.221 e. The summed E-state index contributed by atoms with van der Waals surface area (Å²) >= 11 is 0. The van der Waals surface area contributed by atoms with Gasteiger partial charge in [-0.15, -0.1) is 0 Å². The highest BCUT2D eigenvalue weighted by atomic mass is 32.2. The molecule has 0 amide bonds. The van der Waals surface area contributed by atoms with Crippen LogP contribution in [0.25, 0.3) is 0 Å². The number of nitrogens with two attached hydrogens (primary N) is 1. The van der Waals surface area contributed by atoms with E-state index in [0.717, 1.165) is 17.7 Å². The predicted molar refractivity (Wildman–Crippen MR) is 88.1 cm³/mol. The fourth-order valence-corrected chi connectivity index (χ4v) is 2.98. The van der Waals surface area contributed by atoms with Crippen molar-refractivity contribution in [2.75, 3.05) is 23.4 Å². The molecule has 1 heterocycles. The smallest absolute Gasteiger partial charge is 0.221 e. The Kier molecular flexibility index (Phi) is 4.65. The van der Waals surface area contributed by atoms with Crippen molar-refractivity contribution in [3.05, 3.63) is 36.0 Å². The van der Waals surface area contributed by atoms with Gasteiger partial charge in [-0.05, 0) is 43.2 Å². The van der Waals surface area contributed by atoms with Gasteiger partial charge in [-0.2, -0.15) is 4.98 Å². The third kappa shape index (κ3) is 3.36. The predicted octanol–water partition coefficient (Wildman–Crippen LogP) is 2.18. The number of anilines is 3. The van der Waals surface area contributed by atoms with E-state index in [2.05, 4.69) is 9.97 Å². The van der Waals surface area contributed by atoms with Gasteiger partial charge in [0.25, 0.3) is 0 Å². The topological polar surface area (TPSA) is 89.2 Å². The van der Waals surface area contributed by atoms with Crippen molar-refractivity contribution in [3.63, 3.8) is 0 Å². The average molecular weight is 320 g/mol. The number of sulfone groups is 1. The molecular formula is C15H20N4O2S. The molecule has 0 aliphatic rings. The first kappa shape index (κ1) is 16.2. The van der Waals surface area contributed by atoms with Crippen molar-refractivity contribution in [1.82, 2.24) is 9.97 Å². The zero-order valence-corrected chi connectivity index (χ0v) is 13.8. The highest BCUT2D eigenvalue weighted by molar-refractivity contribution is 7.90. The van der Waals surface area contributed by atoms with Gasteiger partial charge in [0.05, 0.1) is 4.90 Å². The van der Waals surface area contributed by atoms with Crippen LogP contribution >= 0.6 is 0 Å². The standard InChI is InChI=1S/C15H20N4O2S/c1-4-11-10-12(22(3,20)21)6-7-13(11)19(5-2)14-8-9-17-15(16)18-14/h6-10H,4-5H2,1-3H3,(H2,16,17,18). The van der Waals surface area contributed by atoms with E-state index in [-0.39, 0.29) is 5.95 Å². The van der Waals surface area contributed by atoms with Crippen molar-refractivity contribution < 1.29 is 8.42 Å². The molecule has 2 rings (SSSR count). The summed E-state index contributed by atoms with van der Waals surface area (Å²) in [6, 6.07) is 6.94. The second kappa shape index (κ2) is 6.31. The fourth-order valence-electron chi connectivity index (χ4n) is 2.31. The fraction of sp³-hybridized carbons (Fsp3) is 0.333. The molecule has 0 atom stereocenters. The molecule has 1 aromatic carbocycles. The van der Waals surface area contributed by atoms with Crippen molar-refractivity contribution >= 4 is 27.3 Å². The van der Waals surface area contributed by atoms with E-state index >= 15 is 0 Å². The van der Waals surface area contributed by atoms with Crippen molar-refractivity contribution in [2.24, 2.45) is 0 Å². The van der Waals surface area contributed by atoms with E-state index in [1.807, 2.05) is 24.8 Å². The molecule has 0 radical (unpaired) electrons. The first-order valence-electron chi connectivity index (χ1n) is 7.05. The van der Waals surface area contributed by atoms with Crippen LogP contribution in [0.1, 0.15) is 19.4 Å². The molecule has 2 N–H and O–H groups in total. The summed E-state index contributed by atoms with van der Waals surface area (Å²) in [6.45, 7) is 4.68. The molecule has 0 aliphatic carbocycles. The third-order valence-corrected chi connectivity index (χ3v) is 4.51. The highest BCUT2D eigenvalue weighted by Gasteiger charge is 2.16. The SMILES string of the molecule is CCc1cc(S(C)(=O)=O)ccc1N(CC)c1ccnc(N)n1. The molecule has 22 heavy (non-hydrogen) atoms. The Morgan fingerprint density at radius 2 is 1.95 bits per heavy atom. The lowest BCUT2D eigenvalue weighted by Gasteiger charge is -2.25. The molecule has 0 saturated carbocycles. The van der Waals surface area contributed by atoms with Gasteiger partial charge in [-0.3, -0.25) is 0 Å². The lowest BCUT2D eigenvalue weighted by atomic mass is 10.1. The van der Waals surface area contributed by atoms with Crippen LogP contribution in [-0.4, -0.2) is 31.2 Å². The Bertz CT molecular complexity index is 775. The van der Waals surface area contributed by atoms with Gasteiger partial charge in [0.15, 0.2) is 9.84 Å². The second-order valence-electron chi connectivity index (χ2n) is 4.93. The number of hydrogen-bond acceptors (Lipinski definition) is 6. The van der Waals surface area contributed by atoms with Gasteiger partial charge in [-0.1, -0.05) is 6.92 Å². The number of nitrogen functional groups attached to an aromatic ring is 1. The zero-order chi connectivity index (χ0) is 16.3. The monoisotopic (exact) mass is 320 g/mol. The molecular weight excluding hydrogens is 300 g/mol. The van der Waals surface area contributed by atoms with Gasteiger partial charge in [0, 0.05) is 24.7 Å². The first-order valence-corrected chi connectivity index (χ1v) is 8.95. The summed E-state index contributed by atoms with van der Waals surface area (Å²) in [5.41, 5.74) is 7.53. The number of benzene rings is 1. The van der Waals surface area contributed by atoms with Crippen molar-refractivity contribution in [3.8, 4) is 0 Å². The summed E-state index contributed by atoms with van der Waals surface area (Å²) in [6.07, 6.45) is 3.54. The number of nitrogens with zero attached hydrogens (tertiary/aromatic N) is 3. The Balaban J connectivity index is 2.54. The Morgan fingerprint density at radius 1 is 1.23 bits per heavy atom. The summed E-state index contributed by atoms with van der Waals surface area (Å²) in [5.74, 6) is 0.901. The maximum atomic E-state index is 11.7. The lowest BCUT2D eigenvalue weighted by Crippen LogP contribution is -2.19. The van der Waals surface area contributed by atoms with Crippen molar-refractivity contribution in [1.29, 1.82) is 0 Å². The number of hydrogen-bond donors (Lipinski definition) is 1. The number of rotatable bonds is 5. The largest absolute Gasteiger partial charge is 0.368 e. The number of aromatic nitrogens is 2. The van der Waals surface area contributed by atoms with E-state index in [9.17, 15) is 8.42 Å². The van der Waals surface area contributed by atoms with Crippen LogP contribution < -0.4 is 10.6 Å². The van der Waals surface area contributed by atoms with Gasteiger partial charge in [0.1, 0.15) is 5.82 Å². The molecule has 6 nitrogen and oxygen atoms in total. The Hall–Kier alpha value is -2.15.